The van der Waals surface area contributed by atoms with Gasteiger partial charge in [0.1, 0.15) is 0 Å². The average Bonchev–Trinajstić information content (AvgIpc) is 3.09. The Hall–Kier alpha value is -1.57. The van der Waals surface area contributed by atoms with E-state index in [2.05, 4.69) is 5.32 Å². The van der Waals surface area contributed by atoms with Gasteiger partial charge in [0, 0.05) is 12.6 Å². The van der Waals surface area contributed by atoms with Gasteiger partial charge in [0.05, 0.1) is 0 Å². The van der Waals surface area contributed by atoms with Gasteiger partial charge >= 0.3 is 0 Å². The Bertz CT molecular complexity index is 352. The predicted molar refractivity (Wildman–Crippen MR) is 61.2 cm³/mol. The molecule has 2 rings (SSSR count). The fourth-order valence-corrected chi connectivity index (χ4v) is 1.36. The number of rotatable bonds is 4. The van der Waals surface area contributed by atoms with Crippen LogP contribution in [-0.4, -0.2) is 12.5 Å². The largest absolute Gasteiger partial charge is 0.352 e. The highest BCUT2D eigenvalue weighted by Crippen LogP contribution is 2.27. The molecule has 0 aromatic heterocycles. The van der Waals surface area contributed by atoms with Crippen molar-refractivity contribution in [1.82, 2.24) is 5.32 Å². The van der Waals surface area contributed by atoms with Crippen molar-refractivity contribution in [2.45, 2.75) is 12.8 Å². The fraction of sp³-hybridized carbons (Fsp3) is 0.308. The SMILES string of the molecule is O=C(/C=C/c1ccccc1)NCC1CC1. The molecule has 2 nitrogen and oxygen atoms in total. The summed E-state index contributed by atoms with van der Waals surface area (Å²) in [5.74, 6) is 0.741. The maximum atomic E-state index is 11.4. The number of carbonyl (C=O) groups excluding carboxylic acids is 1. The monoisotopic (exact) mass is 201 g/mol. The normalized spacial score (nSPS) is 15.5. The third kappa shape index (κ3) is 3.58. The van der Waals surface area contributed by atoms with Crippen LogP contribution in [0.25, 0.3) is 6.08 Å². The van der Waals surface area contributed by atoms with Gasteiger partial charge < -0.3 is 5.32 Å². The van der Waals surface area contributed by atoms with E-state index >= 15 is 0 Å². The summed E-state index contributed by atoms with van der Waals surface area (Å²) in [6.45, 7) is 0.831. The molecule has 0 spiro atoms. The lowest BCUT2D eigenvalue weighted by atomic mass is 10.2. The number of hydrogen-bond donors (Lipinski definition) is 1. The van der Waals surface area contributed by atoms with E-state index in [0.717, 1.165) is 18.0 Å². The molecule has 0 saturated heterocycles. The fourth-order valence-electron chi connectivity index (χ4n) is 1.36. The summed E-state index contributed by atoms with van der Waals surface area (Å²) in [4.78, 5) is 11.4. The smallest absolute Gasteiger partial charge is 0.244 e. The van der Waals surface area contributed by atoms with Crippen molar-refractivity contribution in [3.63, 3.8) is 0 Å². The van der Waals surface area contributed by atoms with Crippen molar-refractivity contribution >= 4 is 12.0 Å². The number of amides is 1. The maximum Gasteiger partial charge on any atom is 0.244 e. The Morgan fingerprint density at radius 3 is 2.73 bits per heavy atom. The van der Waals surface area contributed by atoms with Gasteiger partial charge in [-0.3, -0.25) is 4.79 Å². The molecule has 1 aromatic rings. The Labute approximate surface area is 90.0 Å². The molecule has 0 bridgehead atoms. The van der Waals surface area contributed by atoms with Crippen molar-refractivity contribution in [1.29, 1.82) is 0 Å². The number of benzene rings is 1. The van der Waals surface area contributed by atoms with E-state index in [-0.39, 0.29) is 5.91 Å². The second-order valence-electron chi connectivity index (χ2n) is 3.93. The lowest BCUT2D eigenvalue weighted by Gasteiger charge is -1.98. The Morgan fingerprint density at radius 1 is 1.33 bits per heavy atom. The first-order valence-corrected chi connectivity index (χ1v) is 5.35. The molecule has 0 atom stereocenters. The molecule has 0 heterocycles. The first-order chi connectivity index (χ1) is 7.34. The molecule has 2 heteroatoms. The van der Waals surface area contributed by atoms with E-state index in [4.69, 9.17) is 0 Å². The molecule has 0 aliphatic heterocycles. The summed E-state index contributed by atoms with van der Waals surface area (Å²) in [6, 6.07) is 9.84. The quantitative estimate of drug-likeness (QED) is 0.744. The van der Waals surface area contributed by atoms with E-state index in [1.54, 1.807) is 6.08 Å². The second-order valence-corrected chi connectivity index (χ2v) is 3.93. The zero-order valence-electron chi connectivity index (χ0n) is 8.65. The van der Waals surface area contributed by atoms with Crippen LogP contribution >= 0.6 is 0 Å². The summed E-state index contributed by atoms with van der Waals surface area (Å²) in [7, 11) is 0. The summed E-state index contributed by atoms with van der Waals surface area (Å²) < 4.78 is 0. The van der Waals surface area contributed by atoms with E-state index < -0.39 is 0 Å². The molecule has 15 heavy (non-hydrogen) atoms. The van der Waals surface area contributed by atoms with Gasteiger partial charge in [-0.1, -0.05) is 30.3 Å². The van der Waals surface area contributed by atoms with E-state index in [9.17, 15) is 4.79 Å². The van der Waals surface area contributed by atoms with Crippen LogP contribution in [0.3, 0.4) is 0 Å². The van der Waals surface area contributed by atoms with Crippen LogP contribution < -0.4 is 5.32 Å². The number of hydrogen-bond acceptors (Lipinski definition) is 1. The zero-order valence-corrected chi connectivity index (χ0v) is 8.65. The van der Waals surface area contributed by atoms with E-state index in [1.807, 2.05) is 36.4 Å². The molecule has 1 fully saturated rings. The van der Waals surface area contributed by atoms with Crippen molar-refractivity contribution < 1.29 is 4.79 Å². The van der Waals surface area contributed by atoms with Crippen LogP contribution in [0.5, 0.6) is 0 Å². The molecule has 1 saturated carbocycles. The molecule has 78 valence electrons. The standard InChI is InChI=1S/C13H15NO/c15-13(14-10-12-6-7-12)9-8-11-4-2-1-3-5-11/h1-5,8-9,12H,6-7,10H2,(H,14,15)/b9-8+. The average molecular weight is 201 g/mol. The topological polar surface area (TPSA) is 29.1 Å². The molecule has 0 unspecified atom stereocenters. The van der Waals surface area contributed by atoms with Crippen molar-refractivity contribution in [3.05, 3.63) is 42.0 Å². The summed E-state index contributed by atoms with van der Waals surface area (Å²) in [5.41, 5.74) is 1.05. The van der Waals surface area contributed by atoms with Gasteiger partial charge in [-0.05, 0) is 30.4 Å². The highest BCUT2D eigenvalue weighted by molar-refractivity contribution is 5.91. The van der Waals surface area contributed by atoms with Gasteiger partial charge in [0.25, 0.3) is 0 Å². The molecular formula is C13H15NO. The van der Waals surface area contributed by atoms with Gasteiger partial charge in [-0.2, -0.15) is 0 Å². The van der Waals surface area contributed by atoms with Gasteiger partial charge in [-0.25, -0.2) is 0 Å². The first kappa shape index (κ1) is 9.97. The summed E-state index contributed by atoms with van der Waals surface area (Å²) in [6.07, 6.45) is 5.96. The van der Waals surface area contributed by atoms with Crippen LogP contribution in [0.1, 0.15) is 18.4 Å². The molecule has 1 N–H and O–H groups in total. The molecule has 1 aromatic carbocycles. The van der Waals surface area contributed by atoms with Gasteiger partial charge in [0.15, 0.2) is 0 Å². The highest BCUT2D eigenvalue weighted by Gasteiger charge is 2.20. The Kier molecular flexibility index (Phi) is 3.18. The van der Waals surface area contributed by atoms with Crippen LogP contribution in [0.4, 0.5) is 0 Å². The minimum absolute atomic E-state index is 0.00533. The lowest BCUT2D eigenvalue weighted by Crippen LogP contribution is -2.23. The van der Waals surface area contributed by atoms with E-state index in [1.165, 1.54) is 12.8 Å². The predicted octanol–water partition coefficient (Wildman–Crippen LogP) is 2.23. The van der Waals surface area contributed by atoms with Crippen LogP contribution in [0.15, 0.2) is 36.4 Å². The first-order valence-electron chi connectivity index (χ1n) is 5.35. The van der Waals surface area contributed by atoms with Gasteiger partial charge in [-0.15, -0.1) is 0 Å². The number of carbonyl (C=O) groups is 1. The summed E-state index contributed by atoms with van der Waals surface area (Å²) >= 11 is 0. The minimum Gasteiger partial charge on any atom is -0.352 e. The Morgan fingerprint density at radius 2 is 2.07 bits per heavy atom. The van der Waals surface area contributed by atoms with Crippen LogP contribution in [-0.2, 0) is 4.79 Å². The third-order valence-electron chi connectivity index (χ3n) is 2.49. The van der Waals surface area contributed by atoms with Crippen LogP contribution in [0, 0.1) is 5.92 Å². The summed E-state index contributed by atoms with van der Waals surface area (Å²) in [5, 5.41) is 2.89. The maximum absolute atomic E-state index is 11.4. The van der Waals surface area contributed by atoms with Crippen molar-refractivity contribution in [3.8, 4) is 0 Å². The molecule has 0 radical (unpaired) electrons. The second kappa shape index (κ2) is 4.78. The molecule has 1 aliphatic carbocycles. The number of nitrogens with one attached hydrogen (secondary N) is 1. The minimum atomic E-state index is 0.00533. The zero-order chi connectivity index (χ0) is 10.5. The molecule has 1 amide bonds. The Balaban J connectivity index is 1.79. The van der Waals surface area contributed by atoms with Crippen molar-refractivity contribution in [2.75, 3.05) is 6.54 Å². The van der Waals surface area contributed by atoms with Gasteiger partial charge in [0.2, 0.25) is 5.91 Å². The highest BCUT2D eigenvalue weighted by atomic mass is 16.1. The van der Waals surface area contributed by atoms with Crippen molar-refractivity contribution in [2.24, 2.45) is 5.92 Å². The van der Waals surface area contributed by atoms with Crippen LogP contribution in [0.2, 0.25) is 0 Å². The molecular weight excluding hydrogens is 186 g/mol. The van der Waals surface area contributed by atoms with E-state index in [0.29, 0.717) is 0 Å². The lowest BCUT2D eigenvalue weighted by molar-refractivity contribution is -0.116. The third-order valence-corrected chi connectivity index (χ3v) is 2.49. The molecule has 1 aliphatic rings.